The summed E-state index contributed by atoms with van der Waals surface area (Å²) >= 11 is 3.40. The Balaban J connectivity index is 2.41. The third kappa shape index (κ3) is 5.64. The molecule has 0 saturated carbocycles. The zero-order chi connectivity index (χ0) is 23.3. The van der Waals surface area contributed by atoms with Crippen molar-refractivity contribution in [3.8, 4) is 0 Å². The maximum Gasteiger partial charge on any atom is 0.354 e. The number of esters is 1. The molecule has 0 aliphatic carbocycles. The number of hydrogen-bond donors (Lipinski definition) is 0. The lowest BCUT2D eigenvalue weighted by Crippen LogP contribution is -2.37. The van der Waals surface area contributed by atoms with Gasteiger partial charge in [0.05, 0.1) is 13.7 Å². The SMILES string of the molecule is CCn1c(C)c(C(=O)CN(CCC(C)C)C(=O)c2cccc(Br)c2)c(C)c1C(=O)OC. The van der Waals surface area contributed by atoms with Crippen LogP contribution in [0.25, 0.3) is 0 Å². The molecule has 2 aromatic rings. The summed E-state index contributed by atoms with van der Waals surface area (Å²) in [6.07, 6.45) is 0.786. The van der Waals surface area contributed by atoms with Gasteiger partial charge in [-0.1, -0.05) is 35.8 Å². The molecule has 0 aliphatic rings. The topological polar surface area (TPSA) is 68.6 Å². The van der Waals surface area contributed by atoms with Crippen molar-refractivity contribution >= 4 is 33.6 Å². The lowest BCUT2D eigenvalue weighted by molar-refractivity contribution is 0.0587. The zero-order valence-electron chi connectivity index (χ0n) is 19.1. The van der Waals surface area contributed by atoms with Gasteiger partial charge in [0, 0.05) is 34.4 Å². The number of benzene rings is 1. The van der Waals surface area contributed by atoms with Gasteiger partial charge < -0.3 is 14.2 Å². The Kier molecular flexibility index (Phi) is 8.62. The van der Waals surface area contributed by atoms with E-state index in [1.54, 1.807) is 34.6 Å². The first-order chi connectivity index (χ1) is 14.6. The van der Waals surface area contributed by atoms with Crippen LogP contribution in [0, 0.1) is 19.8 Å². The summed E-state index contributed by atoms with van der Waals surface area (Å²) in [6, 6.07) is 7.17. The number of amides is 1. The van der Waals surface area contributed by atoms with E-state index >= 15 is 0 Å². The van der Waals surface area contributed by atoms with Gasteiger partial charge in [-0.3, -0.25) is 9.59 Å². The Morgan fingerprint density at radius 2 is 1.87 bits per heavy atom. The highest BCUT2D eigenvalue weighted by Gasteiger charge is 2.28. The molecule has 31 heavy (non-hydrogen) atoms. The number of carbonyl (C=O) groups is 3. The maximum atomic E-state index is 13.4. The summed E-state index contributed by atoms with van der Waals surface area (Å²) in [5, 5.41) is 0. The van der Waals surface area contributed by atoms with Gasteiger partial charge in [0.2, 0.25) is 0 Å². The van der Waals surface area contributed by atoms with Crippen molar-refractivity contribution in [2.45, 2.75) is 47.6 Å². The first-order valence-electron chi connectivity index (χ1n) is 10.5. The van der Waals surface area contributed by atoms with Crippen LogP contribution in [0.2, 0.25) is 0 Å². The van der Waals surface area contributed by atoms with Gasteiger partial charge in [-0.2, -0.15) is 0 Å². The highest BCUT2D eigenvalue weighted by Crippen LogP contribution is 2.24. The van der Waals surface area contributed by atoms with E-state index in [-0.39, 0.29) is 18.2 Å². The molecule has 168 valence electrons. The van der Waals surface area contributed by atoms with Crippen molar-refractivity contribution in [3.63, 3.8) is 0 Å². The molecule has 0 saturated heterocycles. The molecule has 0 atom stereocenters. The highest BCUT2D eigenvalue weighted by atomic mass is 79.9. The van der Waals surface area contributed by atoms with E-state index < -0.39 is 5.97 Å². The first-order valence-corrected chi connectivity index (χ1v) is 11.3. The third-order valence-corrected chi connectivity index (χ3v) is 5.90. The van der Waals surface area contributed by atoms with Crippen LogP contribution in [0.5, 0.6) is 0 Å². The zero-order valence-corrected chi connectivity index (χ0v) is 20.7. The fourth-order valence-corrected chi connectivity index (χ4v) is 4.18. The van der Waals surface area contributed by atoms with Crippen LogP contribution in [-0.2, 0) is 11.3 Å². The van der Waals surface area contributed by atoms with E-state index in [9.17, 15) is 14.4 Å². The summed E-state index contributed by atoms with van der Waals surface area (Å²) in [5.41, 5.74) is 2.71. The summed E-state index contributed by atoms with van der Waals surface area (Å²) in [6.45, 7) is 10.6. The lowest BCUT2D eigenvalue weighted by atomic mass is 10.0. The number of aromatic nitrogens is 1. The average Bonchev–Trinajstić information content (AvgIpc) is 2.99. The van der Waals surface area contributed by atoms with E-state index in [2.05, 4.69) is 29.8 Å². The molecule has 1 heterocycles. The number of ether oxygens (including phenoxy) is 1. The summed E-state index contributed by atoms with van der Waals surface area (Å²) < 4.78 is 7.52. The van der Waals surface area contributed by atoms with Crippen molar-refractivity contribution in [1.82, 2.24) is 9.47 Å². The number of halogens is 1. The molecule has 0 spiro atoms. The fraction of sp³-hybridized carbons (Fsp3) is 0.458. The van der Waals surface area contributed by atoms with Crippen molar-refractivity contribution in [3.05, 3.63) is 56.8 Å². The largest absolute Gasteiger partial charge is 0.464 e. The molecule has 0 aliphatic heterocycles. The molecular formula is C24H31BrN2O4. The molecule has 2 rings (SSSR count). The van der Waals surface area contributed by atoms with E-state index in [1.807, 2.05) is 19.9 Å². The Morgan fingerprint density at radius 1 is 1.19 bits per heavy atom. The van der Waals surface area contributed by atoms with Gasteiger partial charge in [-0.15, -0.1) is 0 Å². The Hall–Kier alpha value is -2.41. The van der Waals surface area contributed by atoms with Crippen LogP contribution in [0.4, 0.5) is 0 Å². The van der Waals surface area contributed by atoms with E-state index in [4.69, 9.17) is 4.74 Å². The molecule has 7 heteroatoms. The number of Topliss-reactive ketones (excluding diaryl/α,β-unsaturated/α-hetero) is 1. The molecule has 1 aromatic heterocycles. The van der Waals surface area contributed by atoms with Crippen LogP contribution >= 0.6 is 15.9 Å². The highest BCUT2D eigenvalue weighted by molar-refractivity contribution is 9.10. The minimum atomic E-state index is -0.469. The molecular weight excluding hydrogens is 460 g/mol. The van der Waals surface area contributed by atoms with Crippen LogP contribution in [0.1, 0.15) is 69.7 Å². The van der Waals surface area contributed by atoms with E-state index in [0.717, 1.165) is 10.9 Å². The summed E-state index contributed by atoms with van der Waals surface area (Å²) in [4.78, 5) is 40.5. The monoisotopic (exact) mass is 490 g/mol. The van der Waals surface area contributed by atoms with E-state index in [1.165, 1.54) is 7.11 Å². The molecule has 0 N–H and O–H groups in total. The second-order valence-electron chi connectivity index (χ2n) is 8.01. The Labute approximate surface area is 192 Å². The fourth-order valence-electron chi connectivity index (χ4n) is 3.78. The van der Waals surface area contributed by atoms with Gasteiger partial charge in [0.15, 0.2) is 5.78 Å². The number of ketones is 1. The van der Waals surface area contributed by atoms with Crippen molar-refractivity contribution in [1.29, 1.82) is 0 Å². The number of hydrogen-bond acceptors (Lipinski definition) is 4. The number of carbonyl (C=O) groups excluding carboxylic acids is 3. The van der Waals surface area contributed by atoms with Gasteiger partial charge in [0.1, 0.15) is 5.69 Å². The van der Waals surface area contributed by atoms with E-state index in [0.29, 0.717) is 47.1 Å². The van der Waals surface area contributed by atoms with Crippen molar-refractivity contribution < 1.29 is 19.1 Å². The number of rotatable bonds is 9. The molecule has 0 fully saturated rings. The van der Waals surface area contributed by atoms with Gasteiger partial charge in [-0.05, 0) is 56.9 Å². The Bertz CT molecular complexity index is 978. The van der Waals surface area contributed by atoms with Gasteiger partial charge in [-0.25, -0.2) is 4.79 Å². The number of nitrogens with zero attached hydrogens (tertiary/aromatic N) is 2. The molecule has 1 amide bonds. The normalized spacial score (nSPS) is 11.0. The molecule has 1 aromatic carbocycles. The minimum Gasteiger partial charge on any atom is -0.464 e. The first kappa shape index (κ1) is 24.9. The standard InChI is InChI=1S/C24H31BrN2O4/c1-7-27-17(5)21(16(4)22(27)24(30)31-6)20(28)14-26(12-11-15(2)3)23(29)18-9-8-10-19(25)13-18/h8-10,13,15H,7,11-12,14H2,1-6H3. The van der Waals surface area contributed by atoms with Crippen molar-refractivity contribution in [2.75, 3.05) is 20.2 Å². The predicted molar refractivity (Wildman–Crippen MR) is 125 cm³/mol. The van der Waals surface area contributed by atoms with Crippen molar-refractivity contribution in [2.24, 2.45) is 5.92 Å². The Morgan fingerprint density at radius 3 is 2.42 bits per heavy atom. The molecule has 6 nitrogen and oxygen atoms in total. The minimum absolute atomic E-state index is 0.0475. The smallest absolute Gasteiger partial charge is 0.354 e. The third-order valence-electron chi connectivity index (χ3n) is 5.41. The van der Waals surface area contributed by atoms with Crippen LogP contribution in [0.15, 0.2) is 28.7 Å². The van der Waals surface area contributed by atoms with Gasteiger partial charge >= 0.3 is 5.97 Å². The van der Waals surface area contributed by atoms with Gasteiger partial charge in [0.25, 0.3) is 5.91 Å². The predicted octanol–water partition coefficient (Wildman–Crippen LogP) is 5.05. The lowest BCUT2D eigenvalue weighted by Gasteiger charge is -2.23. The quantitative estimate of drug-likeness (QED) is 0.364. The summed E-state index contributed by atoms with van der Waals surface area (Å²) in [7, 11) is 1.33. The maximum absolute atomic E-state index is 13.4. The number of methoxy groups -OCH3 is 1. The second-order valence-corrected chi connectivity index (χ2v) is 8.93. The van der Waals surface area contributed by atoms with Crippen LogP contribution < -0.4 is 0 Å². The molecule has 0 radical (unpaired) electrons. The van der Waals surface area contributed by atoms with Crippen LogP contribution in [0.3, 0.4) is 0 Å². The summed E-state index contributed by atoms with van der Waals surface area (Å²) in [5.74, 6) is -0.444. The second kappa shape index (κ2) is 10.8. The average molecular weight is 491 g/mol. The van der Waals surface area contributed by atoms with Crippen LogP contribution in [-0.4, -0.2) is 47.3 Å². The molecule has 0 unspecified atom stereocenters. The molecule has 0 bridgehead atoms.